The molecule has 0 unspecified atom stereocenters. The average Bonchev–Trinajstić information content (AvgIpc) is 2.16. The highest BCUT2D eigenvalue weighted by Gasteiger charge is 2.19. The van der Waals surface area contributed by atoms with Gasteiger partial charge in [-0.2, -0.15) is 0 Å². The van der Waals surface area contributed by atoms with Crippen LogP contribution in [-0.4, -0.2) is 14.7 Å². The van der Waals surface area contributed by atoms with E-state index in [0.717, 1.165) is 12.8 Å². The van der Waals surface area contributed by atoms with Crippen LogP contribution in [0.3, 0.4) is 0 Å². The highest BCUT2D eigenvalue weighted by Crippen LogP contribution is 2.28. The normalized spacial score (nSPS) is 12.8. The second kappa shape index (κ2) is 4.58. The number of benzene rings is 1. The standard InChI is InChI=1S/C13H20O2S/c1-5-10-13(2,3)11-6-8-12(9-7-11)16(4,14)15/h6-9H,5,10H2,1-4H3. The van der Waals surface area contributed by atoms with Gasteiger partial charge in [0.2, 0.25) is 0 Å². The van der Waals surface area contributed by atoms with Crippen molar-refractivity contribution in [2.24, 2.45) is 0 Å². The first-order valence-electron chi connectivity index (χ1n) is 5.58. The average molecular weight is 240 g/mol. The summed E-state index contributed by atoms with van der Waals surface area (Å²) in [5.74, 6) is 0. The zero-order valence-corrected chi connectivity index (χ0v) is 11.3. The van der Waals surface area contributed by atoms with Crippen LogP contribution in [0.5, 0.6) is 0 Å². The monoisotopic (exact) mass is 240 g/mol. The second-order valence-electron chi connectivity index (χ2n) is 4.93. The molecule has 0 atom stereocenters. The van der Waals surface area contributed by atoms with E-state index >= 15 is 0 Å². The molecule has 0 saturated carbocycles. The third-order valence-corrected chi connectivity index (χ3v) is 4.07. The molecule has 0 N–H and O–H groups in total. The zero-order valence-electron chi connectivity index (χ0n) is 10.4. The molecule has 0 aliphatic heterocycles. The molecule has 0 amide bonds. The number of rotatable bonds is 4. The van der Waals surface area contributed by atoms with Gasteiger partial charge in [0.25, 0.3) is 0 Å². The minimum Gasteiger partial charge on any atom is -0.224 e. The van der Waals surface area contributed by atoms with E-state index in [9.17, 15) is 8.42 Å². The van der Waals surface area contributed by atoms with E-state index in [1.807, 2.05) is 12.1 Å². The van der Waals surface area contributed by atoms with Crippen molar-refractivity contribution in [3.63, 3.8) is 0 Å². The Morgan fingerprint density at radius 3 is 2.00 bits per heavy atom. The molecule has 0 aliphatic carbocycles. The van der Waals surface area contributed by atoms with Gasteiger partial charge in [0.1, 0.15) is 0 Å². The molecule has 90 valence electrons. The number of hydrogen-bond donors (Lipinski definition) is 0. The minimum absolute atomic E-state index is 0.116. The summed E-state index contributed by atoms with van der Waals surface area (Å²) in [7, 11) is -3.08. The Kier molecular flexibility index (Phi) is 3.79. The van der Waals surface area contributed by atoms with Crippen molar-refractivity contribution in [3.05, 3.63) is 29.8 Å². The van der Waals surface area contributed by atoms with E-state index in [0.29, 0.717) is 4.90 Å². The smallest absolute Gasteiger partial charge is 0.175 e. The van der Waals surface area contributed by atoms with Gasteiger partial charge >= 0.3 is 0 Å². The highest BCUT2D eigenvalue weighted by atomic mass is 32.2. The SMILES string of the molecule is CCCC(C)(C)c1ccc(S(C)(=O)=O)cc1. The molecular weight excluding hydrogens is 220 g/mol. The van der Waals surface area contributed by atoms with E-state index in [4.69, 9.17) is 0 Å². The van der Waals surface area contributed by atoms with Crippen LogP contribution >= 0.6 is 0 Å². The first-order valence-corrected chi connectivity index (χ1v) is 7.47. The Bertz CT molecular complexity index is 441. The lowest BCUT2D eigenvalue weighted by molar-refractivity contribution is 0.473. The lowest BCUT2D eigenvalue weighted by Crippen LogP contribution is -2.16. The van der Waals surface area contributed by atoms with Gasteiger partial charge in [-0.05, 0) is 29.5 Å². The Hall–Kier alpha value is -0.830. The Morgan fingerprint density at radius 2 is 1.62 bits per heavy atom. The van der Waals surface area contributed by atoms with E-state index in [-0.39, 0.29) is 5.41 Å². The molecule has 0 saturated heterocycles. The molecule has 0 spiro atoms. The molecule has 0 bridgehead atoms. The predicted molar refractivity (Wildman–Crippen MR) is 67.5 cm³/mol. The minimum atomic E-state index is -3.08. The van der Waals surface area contributed by atoms with Crippen LogP contribution in [0, 0.1) is 0 Å². The van der Waals surface area contributed by atoms with Crippen molar-refractivity contribution in [1.82, 2.24) is 0 Å². The van der Waals surface area contributed by atoms with Crippen molar-refractivity contribution < 1.29 is 8.42 Å². The molecule has 0 radical (unpaired) electrons. The van der Waals surface area contributed by atoms with Crippen molar-refractivity contribution in [2.75, 3.05) is 6.26 Å². The molecule has 0 fully saturated rings. The van der Waals surface area contributed by atoms with Gasteiger partial charge < -0.3 is 0 Å². The van der Waals surface area contributed by atoms with Crippen LogP contribution < -0.4 is 0 Å². The van der Waals surface area contributed by atoms with E-state index in [2.05, 4.69) is 20.8 Å². The predicted octanol–water partition coefficient (Wildman–Crippen LogP) is 3.17. The summed E-state index contributed by atoms with van der Waals surface area (Å²) in [6, 6.07) is 7.24. The summed E-state index contributed by atoms with van der Waals surface area (Å²) in [6.45, 7) is 6.53. The Morgan fingerprint density at radius 1 is 1.12 bits per heavy atom. The first kappa shape index (κ1) is 13.2. The molecule has 1 rings (SSSR count). The fourth-order valence-electron chi connectivity index (χ4n) is 1.92. The summed E-state index contributed by atoms with van der Waals surface area (Å²) >= 11 is 0. The molecule has 0 heterocycles. The van der Waals surface area contributed by atoms with Gasteiger partial charge in [-0.15, -0.1) is 0 Å². The third-order valence-electron chi connectivity index (χ3n) is 2.94. The topological polar surface area (TPSA) is 34.1 Å². The fraction of sp³-hybridized carbons (Fsp3) is 0.538. The summed E-state index contributed by atoms with van der Waals surface area (Å²) < 4.78 is 22.6. The quantitative estimate of drug-likeness (QED) is 0.810. The maximum absolute atomic E-state index is 11.3. The van der Waals surface area contributed by atoms with Crippen molar-refractivity contribution >= 4 is 9.84 Å². The largest absolute Gasteiger partial charge is 0.224 e. The molecule has 0 aliphatic rings. The molecule has 1 aromatic rings. The zero-order chi connectivity index (χ0) is 12.4. The van der Waals surface area contributed by atoms with Crippen molar-refractivity contribution in [1.29, 1.82) is 0 Å². The summed E-state index contributed by atoms with van der Waals surface area (Å²) in [5.41, 5.74) is 1.31. The molecule has 0 aromatic heterocycles. The highest BCUT2D eigenvalue weighted by molar-refractivity contribution is 7.90. The fourth-order valence-corrected chi connectivity index (χ4v) is 2.55. The lowest BCUT2D eigenvalue weighted by atomic mass is 9.81. The summed E-state index contributed by atoms with van der Waals surface area (Å²) in [5, 5.41) is 0. The van der Waals surface area contributed by atoms with Crippen molar-refractivity contribution in [2.45, 2.75) is 43.9 Å². The number of sulfone groups is 1. The van der Waals surface area contributed by atoms with Crippen LogP contribution in [0.15, 0.2) is 29.2 Å². The van der Waals surface area contributed by atoms with Gasteiger partial charge in [0.15, 0.2) is 9.84 Å². The third kappa shape index (κ3) is 3.08. The van der Waals surface area contributed by atoms with Crippen LogP contribution in [0.25, 0.3) is 0 Å². The molecule has 2 nitrogen and oxygen atoms in total. The lowest BCUT2D eigenvalue weighted by Gasteiger charge is -2.24. The van der Waals surface area contributed by atoms with E-state index in [1.165, 1.54) is 11.8 Å². The van der Waals surface area contributed by atoms with Gasteiger partial charge in [-0.25, -0.2) is 8.42 Å². The van der Waals surface area contributed by atoms with Gasteiger partial charge in [0.05, 0.1) is 4.90 Å². The first-order chi connectivity index (χ1) is 7.27. The van der Waals surface area contributed by atoms with Gasteiger partial charge in [-0.1, -0.05) is 39.3 Å². The van der Waals surface area contributed by atoms with Crippen LogP contribution in [-0.2, 0) is 15.3 Å². The summed E-state index contributed by atoms with van der Waals surface area (Å²) in [4.78, 5) is 0.392. The van der Waals surface area contributed by atoms with Crippen LogP contribution in [0.2, 0.25) is 0 Å². The van der Waals surface area contributed by atoms with E-state index in [1.54, 1.807) is 12.1 Å². The second-order valence-corrected chi connectivity index (χ2v) is 6.95. The summed E-state index contributed by atoms with van der Waals surface area (Å²) in [6.07, 6.45) is 3.46. The van der Waals surface area contributed by atoms with Crippen LogP contribution in [0.1, 0.15) is 39.2 Å². The van der Waals surface area contributed by atoms with Crippen molar-refractivity contribution in [3.8, 4) is 0 Å². The molecule has 1 aromatic carbocycles. The molecule has 3 heteroatoms. The van der Waals surface area contributed by atoms with Gasteiger partial charge in [-0.3, -0.25) is 0 Å². The maximum Gasteiger partial charge on any atom is 0.175 e. The number of hydrogen-bond acceptors (Lipinski definition) is 2. The van der Waals surface area contributed by atoms with E-state index < -0.39 is 9.84 Å². The van der Waals surface area contributed by atoms with Gasteiger partial charge in [0, 0.05) is 6.26 Å². The Labute approximate surface area is 98.6 Å². The van der Waals surface area contributed by atoms with Crippen LogP contribution in [0.4, 0.5) is 0 Å². The molecule has 16 heavy (non-hydrogen) atoms. The Balaban J connectivity index is 3.04. The molecular formula is C13H20O2S. The maximum atomic E-state index is 11.3.